The number of amides is 1. The lowest BCUT2D eigenvalue weighted by atomic mass is 9.99. The summed E-state index contributed by atoms with van der Waals surface area (Å²) in [4.78, 5) is 11.6. The molecule has 3 nitrogen and oxygen atoms in total. The molecule has 17 heavy (non-hydrogen) atoms. The molecule has 0 saturated carbocycles. The van der Waals surface area contributed by atoms with Crippen LogP contribution in [0.5, 0.6) is 0 Å². The van der Waals surface area contributed by atoms with Crippen molar-refractivity contribution in [2.45, 2.75) is 6.61 Å². The minimum Gasteiger partial charge on any atom is -0.380 e. The molecule has 0 aliphatic heterocycles. The van der Waals surface area contributed by atoms with Crippen molar-refractivity contribution in [3.05, 3.63) is 45.9 Å². The van der Waals surface area contributed by atoms with E-state index in [2.05, 4.69) is 15.9 Å². The number of nitrogens with two attached hydrogens (primary N) is 1. The van der Waals surface area contributed by atoms with E-state index in [-0.39, 0.29) is 0 Å². The van der Waals surface area contributed by atoms with Crippen LogP contribution < -0.4 is 5.73 Å². The van der Waals surface area contributed by atoms with E-state index in [1.54, 1.807) is 7.11 Å². The fourth-order valence-corrected chi connectivity index (χ4v) is 2.29. The number of carbonyl (C=O) groups is 1. The lowest BCUT2D eigenvalue weighted by Gasteiger charge is -2.10. The maximum atomic E-state index is 11.6. The molecule has 0 aliphatic carbocycles. The summed E-state index contributed by atoms with van der Waals surface area (Å²) in [5.74, 6) is -0.426. The van der Waals surface area contributed by atoms with Crippen LogP contribution in [0.3, 0.4) is 0 Å². The van der Waals surface area contributed by atoms with Crippen LogP contribution >= 0.6 is 15.9 Å². The molecule has 2 aromatic carbocycles. The molecule has 0 radical (unpaired) electrons. The first kappa shape index (κ1) is 12.1. The third kappa shape index (κ3) is 2.33. The minimum absolute atomic E-state index is 0.379. The largest absolute Gasteiger partial charge is 0.380 e. The van der Waals surface area contributed by atoms with Crippen molar-refractivity contribution in [3.63, 3.8) is 0 Å². The van der Waals surface area contributed by atoms with Crippen molar-refractivity contribution in [1.82, 2.24) is 0 Å². The fraction of sp³-hybridized carbons (Fsp3) is 0.154. The number of carbonyl (C=O) groups excluding carboxylic acids is 1. The van der Waals surface area contributed by atoms with Gasteiger partial charge in [0, 0.05) is 11.6 Å². The summed E-state index contributed by atoms with van der Waals surface area (Å²) in [6.45, 7) is 0.379. The predicted octanol–water partition coefficient (Wildman–Crippen LogP) is 2.85. The Bertz CT molecular complexity index is 581. The zero-order valence-corrected chi connectivity index (χ0v) is 11.0. The van der Waals surface area contributed by atoms with Gasteiger partial charge in [0.05, 0.1) is 12.2 Å². The van der Waals surface area contributed by atoms with Crippen LogP contribution in [0.15, 0.2) is 34.8 Å². The summed E-state index contributed by atoms with van der Waals surface area (Å²) in [5.41, 5.74) is 6.80. The highest BCUT2D eigenvalue weighted by Crippen LogP contribution is 2.25. The third-order valence-corrected chi connectivity index (χ3v) is 3.11. The Hall–Kier alpha value is -1.39. The topological polar surface area (TPSA) is 52.3 Å². The van der Waals surface area contributed by atoms with Crippen LogP contribution in [0.2, 0.25) is 0 Å². The van der Waals surface area contributed by atoms with E-state index in [0.29, 0.717) is 12.2 Å². The number of benzene rings is 2. The molecule has 2 aromatic rings. The molecule has 0 fully saturated rings. The van der Waals surface area contributed by atoms with Gasteiger partial charge in [0.1, 0.15) is 0 Å². The summed E-state index contributed by atoms with van der Waals surface area (Å²) < 4.78 is 6.05. The van der Waals surface area contributed by atoms with Gasteiger partial charge in [-0.3, -0.25) is 4.79 Å². The molecule has 0 atom stereocenters. The van der Waals surface area contributed by atoms with Gasteiger partial charge in [-0.15, -0.1) is 0 Å². The minimum atomic E-state index is -0.426. The summed E-state index contributed by atoms with van der Waals surface area (Å²) in [6.07, 6.45) is 0. The molecular weight excluding hydrogens is 282 g/mol. The van der Waals surface area contributed by atoms with Crippen LogP contribution in [0.25, 0.3) is 10.8 Å². The van der Waals surface area contributed by atoms with Crippen LogP contribution in [0.1, 0.15) is 15.9 Å². The third-order valence-electron chi connectivity index (χ3n) is 2.61. The average Bonchev–Trinajstić information content (AvgIpc) is 2.28. The Labute approximate surface area is 108 Å². The van der Waals surface area contributed by atoms with Crippen LogP contribution in [-0.4, -0.2) is 13.0 Å². The zero-order valence-electron chi connectivity index (χ0n) is 9.37. The van der Waals surface area contributed by atoms with Gasteiger partial charge in [0.2, 0.25) is 5.91 Å². The summed E-state index contributed by atoms with van der Waals surface area (Å²) >= 11 is 3.40. The molecule has 0 heterocycles. The first-order valence-electron chi connectivity index (χ1n) is 5.13. The van der Waals surface area contributed by atoms with Crippen molar-refractivity contribution >= 4 is 32.6 Å². The molecule has 0 unspecified atom stereocenters. The molecule has 0 aromatic heterocycles. The molecule has 2 N–H and O–H groups in total. The van der Waals surface area contributed by atoms with Crippen molar-refractivity contribution < 1.29 is 9.53 Å². The Morgan fingerprint density at radius 3 is 2.76 bits per heavy atom. The number of ether oxygens (including phenoxy) is 1. The smallest absolute Gasteiger partial charge is 0.249 e. The highest BCUT2D eigenvalue weighted by atomic mass is 79.9. The van der Waals surface area contributed by atoms with E-state index in [1.807, 2.05) is 30.3 Å². The number of methoxy groups -OCH3 is 1. The number of primary amides is 1. The highest BCUT2D eigenvalue weighted by Gasteiger charge is 2.12. The maximum Gasteiger partial charge on any atom is 0.249 e. The quantitative estimate of drug-likeness (QED) is 0.946. The van der Waals surface area contributed by atoms with Crippen molar-refractivity contribution in [1.29, 1.82) is 0 Å². The van der Waals surface area contributed by atoms with Gasteiger partial charge in [0.15, 0.2) is 0 Å². The van der Waals surface area contributed by atoms with Gasteiger partial charge in [-0.05, 0) is 28.5 Å². The first-order valence-corrected chi connectivity index (χ1v) is 5.92. The molecule has 4 heteroatoms. The molecule has 0 aliphatic rings. The van der Waals surface area contributed by atoms with Gasteiger partial charge < -0.3 is 10.5 Å². The molecule has 0 saturated heterocycles. The molecule has 2 rings (SSSR count). The zero-order chi connectivity index (χ0) is 12.4. The SMILES string of the molecule is COCc1ccc2cc(Br)ccc2c1C(N)=O. The number of hydrogen-bond acceptors (Lipinski definition) is 2. The van der Waals surface area contributed by atoms with Crippen LogP contribution in [0, 0.1) is 0 Å². The van der Waals surface area contributed by atoms with Crippen molar-refractivity contribution in [2.24, 2.45) is 5.73 Å². The lowest BCUT2D eigenvalue weighted by Crippen LogP contribution is -2.14. The Morgan fingerprint density at radius 1 is 1.35 bits per heavy atom. The highest BCUT2D eigenvalue weighted by molar-refractivity contribution is 9.10. The summed E-state index contributed by atoms with van der Waals surface area (Å²) in [6, 6.07) is 9.57. The predicted molar refractivity (Wildman–Crippen MR) is 70.9 cm³/mol. The van der Waals surface area contributed by atoms with Gasteiger partial charge in [-0.25, -0.2) is 0 Å². The van der Waals surface area contributed by atoms with Crippen LogP contribution in [0.4, 0.5) is 0 Å². The standard InChI is InChI=1S/C13H12BrNO2/c1-17-7-9-3-2-8-6-10(14)4-5-11(8)12(9)13(15)16/h2-6H,7H2,1H3,(H2,15,16). The average molecular weight is 294 g/mol. The van der Waals surface area contributed by atoms with Crippen LogP contribution in [-0.2, 0) is 11.3 Å². The number of hydrogen-bond donors (Lipinski definition) is 1. The normalized spacial score (nSPS) is 10.7. The summed E-state index contributed by atoms with van der Waals surface area (Å²) in [5, 5.41) is 1.84. The van der Waals surface area contributed by atoms with Crippen molar-refractivity contribution in [2.75, 3.05) is 7.11 Å². The van der Waals surface area contributed by atoms with Gasteiger partial charge in [-0.2, -0.15) is 0 Å². The lowest BCUT2D eigenvalue weighted by molar-refractivity contribution is 0.0997. The number of halogens is 1. The molecule has 88 valence electrons. The Balaban J connectivity index is 2.74. The summed E-state index contributed by atoms with van der Waals surface area (Å²) in [7, 11) is 1.59. The van der Waals surface area contributed by atoms with E-state index in [1.165, 1.54) is 0 Å². The Morgan fingerprint density at radius 2 is 2.12 bits per heavy atom. The van der Waals surface area contributed by atoms with E-state index in [9.17, 15) is 4.79 Å². The monoisotopic (exact) mass is 293 g/mol. The van der Waals surface area contributed by atoms with Gasteiger partial charge in [-0.1, -0.05) is 34.1 Å². The van der Waals surface area contributed by atoms with Gasteiger partial charge in [0.25, 0.3) is 0 Å². The number of rotatable bonds is 3. The van der Waals surface area contributed by atoms with E-state index >= 15 is 0 Å². The molecule has 0 spiro atoms. The second-order valence-electron chi connectivity index (χ2n) is 3.76. The van der Waals surface area contributed by atoms with Gasteiger partial charge >= 0.3 is 0 Å². The maximum absolute atomic E-state index is 11.6. The first-order chi connectivity index (χ1) is 8.13. The van der Waals surface area contributed by atoms with E-state index < -0.39 is 5.91 Å². The second-order valence-corrected chi connectivity index (χ2v) is 4.68. The fourth-order valence-electron chi connectivity index (χ4n) is 1.91. The second kappa shape index (κ2) is 4.85. The van der Waals surface area contributed by atoms with E-state index in [0.717, 1.165) is 20.8 Å². The molecule has 0 bridgehead atoms. The number of fused-ring (bicyclic) bond motifs is 1. The molecular formula is C13H12BrNO2. The van der Waals surface area contributed by atoms with E-state index in [4.69, 9.17) is 10.5 Å². The Kier molecular flexibility index (Phi) is 3.45. The van der Waals surface area contributed by atoms with Crippen molar-refractivity contribution in [3.8, 4) is 0 Å². The molecule has 1 amide bonds.